The lowest BCUT2D eigenvalue weighted by Gasteiger charge is -2.16. The molecule has 2 rings (SSSR count). The summed E-state index contributed by atoms with van der Waals surface area (Å²) in [6, 6.07) is 0. The zero-order valence-electron chi connectivity index (χ0n) is 6.07. The normalized spacial score (nSPS) is 34.6. The Morgan fingerprint density at radius 3 is 3.27 bits per heavy atom. The first-order valence-electron chi connectivity index (χ1n) is 3.44. The SMILES string of the molecule is CC1=C[C@@H]2C(=O)NC=N[C@H]2S1. The van der Waals surface area contributed by atoms with E-state index < -0.39 is 0 Å². The molecule has 0 saturated heterocycles. The average Bonchev–Trinajstić information content (AvgIpc) is 2.31. The molecule has 0 radical (unpaired) electrons. The van der Waals surface area contributed by atoms with Gasteiger partial charge in [0, 0.05) is 0 Å². The Labute approximate surface area is 69.0 Å². The van der Waals surface area contributed by atoms with E-state index in [9.17, 15) is 4.79 Å². The minimum atomic E-state index is -0.0370. The Kier molecular flexibility index (Phi) is 1.49. The van der Waals surface area contributed by atoms with Gasteiger partial charge in [-0.15, -0.1) is 11.8 Å². The third-order valence-electron chi connectivity index (χ3n) is 1.76. The van der Waals surface area contributed by atoms with Crippen molar-refractivity contribution in [3.8, 4) is 0 Å². The number of carbonyl (C=O) groups excluding carboxylic acids is 1. The molecule has 0 fully saturated rings. The Bertz CT molecular complexity index is 259. The van der Waals surface area contributed by atoms with Crippen LogP contribution in [0, 0.1) is 5.92 Å². The van der Waals surface area contributed by atoms with E-state index in [2.05, 4.69) is 10.3 Å². The van der Waals surface area contributed by atoms with Gasteiger partial charge in [-0.2, -0.15) is 0 Å². The highest BCUT2D eigenvalue weighted by Crippen LogP contribution is 2.37. The molecule has 0 aromatic heterocycles. The zero-order chi connectivity index (χ0) is 7.84. The number of aliphatic imine (C=N–C) groups is 1. The van der Waals surface area contributed by atoms with E-state index in [1.165, 1.54) is 11.2 Å². The number of carbonyl (C=O) groups is 1. The Morgan fingerprint density at radius 1 is 1.73 bits per heavy atom. The molecule has 0 aromatic carbocycles. The third-order valence-corrected chi connectivity index (χ3v) is 2.92. The third kappa shape index (κ3) is 1.07. The highest BCUT2D eigenvalue weighted by atomic mass is 32.2. The molecule has 11 heavy (non-hydrogen) atoms. The van der Waals surface area contributed by atoms with Gasteiger partial charge in [0.05, 0.1) is 12.3 Å². The number of rotatable bonds is 0. The number of fused-ring (bicyclic) bond motifs is 1. The van der Waals surface area contributed by atoms with Crippen molar-refractivity contribution in [3.05, 3.63) is 11.0 Å². The van der Waals surface area contributed by atoms with Gasteiger partial charge in [0.25, 0.3) is 0 Å². The maximum atomic E-state index is 11.2. The largest absolute Gasteiger partial charge is 0.317 e. The van der Waals surface area contributed by atoms with Gasteiger partial charge in [0.1, 0.15) is 5.37 Å². The van der Waals surface area contributed by atoms with Gasteiger partial charge in [-0.05, 0) is 11.8 Å². The average molecular weight is 168 g/mol. The van der Waals surface area contributed by atoms with E-state index >= 15 is 0 Å². The summed E-state index contributed by atoms with van der Waals surface area (Å²) < 4.78 is 0. The molecule has 2 atom stereocenters. The Morgan fingerprint density at radius 2 is 2.55 bits per heavy atom. The van der Waals surface area contributed by atoms with Crippen LogP contribution in [0.5, 0.6) is 0 Å². The second kappa shape index (κ2) is 2.37. The van der Waals surface area contributed by atoms with E-state index in [1.54, 1.807) is 11.8 Å². The van der Waals surface area contributed by atoms with Crippen LogP contribution in [0.2, 0.25) is 0 Å². The minimum absolute atomic E-state index is 0.0370. The van der Waals surface area contributed by atoms with E-state index in [-0.39, 0.29) is 17.2 Å². The van der Waals surface area contributed by atoms with Crippen LogP contribution in [0.25, 0.3) is 0 Å². The molecule has 0 aromatic rings. The molecule has 0 aliphatic carbocycles. The van der Waals surface area contributed by atoms with Crippen molar-refractivity contribution in [2.75, 3.05) is 0 Å². The van der Waals surface area contributed by atoms with Crippen LogP contribution >= 0.6 is 11.8 Å². The lowest BCUT2D eigenvalue weighted by molar-refractivity contribution is -0.122. The fourth-order valence-corrected chi connectivity index (χ4v) is 2.31. The highest BCUT2D eigenvalue weighted by Gasteiger charge is 2.33. The molecule has 0 saturated carbocycles. The second-order valence-corrected chi connectivity index (χ2v) is 3.96. The minimum Gasteiger partial charge on any atom is -0.317 e. The number of allylic oxidation sites excluding steroid dienone is 1. The summed E-state index contributed by atoms with van der Waals surface area (Å²) in [4.78, 5) is 16.5. The molecule has 0 unspecified atom stereocenters. The fraction of sp³-hybridized carbons (Fsp3) is 0.429. The van der Waals surface area contributed by atoms with Crippen molar-refractivity contribution < 1.29 is 4.79 Å². The molecule has 1 N–H and O–H groups in total. The van der Waals surface area contributed by atoms with Crippen molar-refractivity contribution in [2.24, 2.45) is 10.9 Å². The van der Waals surface area contributed by atoms with Crippen molar-refractivity contribution in [1.82, 2.24) is 5.32 Å². The molecule has 58 valence electrons. The van der Waals surface area contributed by atoms with Gasteiger partial charge in [0.2, 0.25) is 5.91 Å². The van der Waals surface area contributed by atoms with Crippen LogP contribution in [-0.2, 0) is 4.79 Å². The highest BCUT2D eigenvalue weighted by molar-refractivity contribution is 8.03. The molecule has 4 heteroatoms. The van der Waals surface area contributed by atoms with Gasteiger partial charge in [-0.25, -0.2) is 0 Å². The lowest BCUT2D eigenvalue weighted by atomic mass is 10.1. The van der Waals surface area contributed by atoms with Gasteiger partial charge < -0.3 is 5.32 Å². The molecule has 0 bridgehead atoms. The Hall–Kier alpha value is -0.770. The van der Waals surface area contributed by atoms with Crippen molar-refractivity contribution in [2.45, 2.75) is 12.3 Å². The zero-order valence-corrected chi connectivity index (χ0v) is 6.89. The summed E-state index contributed by atoms with van der Waals surface area (Å²) >= 11 is 1.66. The summed E-state index contributed by atoms with van der Waals surface area (Å²) in [5.41, 5.74) is 0. The lowest BCUT2D eigenvalue weighted by Crippen LogP contribution is -2.36. The predicted octanol–water partition coefficient (Wildman–Crippen LogP) is 0.737. The first-order valence-corrected chi connectivity index (χ1v) is 4.32. The fourth-order valence-electron chi connectivity index (χ4n) is 1.24. The first kappa shape index (κ1) is 6.91. The number of amides is 1. The standard InChI is InChI=1S/C7H8N2OS/c1-4-2-5-6(10)8-3-9-7(5)11-4/h2-3,5,7H,1H3,(H,8,9,10)/t5-,7+/m1/s1. The second-order valence-electron chi connectivity index (χ2n) is 2.60. The van der Waals surface area contributed by atoms with Crippen molar-refractivity contribution in [1.29, 1.82) is 0 Å². The van der Waals surface area contributed by atoms with Crippen LogP contribution in [0.15, 0.2) is 16.0 Å². The number of thioether (sulfide) groups is 1. The monoisotopic (exact) mass is 168 g/mol. The van der Waals surface area contributed by atoms with Crippen LogP contribution in [-0.4, -0.2) is 17.6 Å². The molecule has 2 aliphatic heterocycles. The molecule has 3 nitrogen and oxygen atoms in total. The van der Waals surface area contributed by atoms with E-state index in [1.807, 2.05) is 13.0 Å². The number of hydrogen-bond donors (Lipinski definition) is 1. The number of hydrogen-bond acceptors (Lipinski definition) is 3. The smallest absolute Gasteiger partial charge is 0.235 e. The van der Waals surface area contributed by atoms with Crippen LogP contribution < -0.4 is 5.32 Å². The van der Waals surface area contributed by atoms with Crippen LogP contribution in [0.4, 0.5) is 0 Å². The molecular weight excluding hydrogens is 160 g/mol. The molecule has 0 spiro atoms. The van der Waals surface area contributed by atoms with Gasteiger partial charge in [-0.3, -0.25) is 9.79 Å². The molecular formula is C7H8N2OS. The summed E-state index contributed by atoms with van der Waals surface area (Å²) in [5, 5.41) is 2.69. The molecule has 1 amide bonds. The Balaban J connectivity index is 2.28. The number of nitrogens with one attached hydrogen (secondary N) is 1. The summed E-state index contributed by atoms with van der Waals surface area (Å²) in [6.07, 6.45) is 3.46. The van der Waals surface area contributed by atoms with E-state index in [0.717, 1.165) is 0 Å². The topological polar surface area (TPSA) is 41.5 Å². The first-order chi connectivity index (χ1) is 5.27. The van der Waals surface area contributed by atoms with Gasteiger partial charge >= 0.3 is 0 Å². The van der Waals surface area contributed by atoms with E-state index in [0.29, 0.717) is 0 Å². The van der Waals surface area contributed by atoms with Gasteiger partial charge in [0.15, 0.2) is 0 Å². The molecule has 2 aliphatic rings. The summed E-state index contributed by atoms with van der Waals surface area (Å²) in [7, 11) is 0. The van der Waals surface area contributed by atoms with E-state index in [4.69, 9.17) is 0 Å². The quantitative estimate of drug-likeness (QED) is 0.579. The maximum absolute atomic E-state index is 11.2. The summed E-state index contributed by atoms with van der Waals surface area (Å²) in [5.74, 6) is 0.0272. The van der Waals surface area contributed by atoms with Gasteiger partial charge in [-0.1, -0.05) is 6.08 Å². The maximum Gasteiger partial charge on any atom is 0.235 e. The van der Waals surface area contributed by atoms with Crippen LogP contribution in [0.1, 0.15) is 6.92 Å². The van der Waals surface area contributed by atoms with Crippen molar-refractivity contribution >= 4 is 24.0 Å². The van der Waals surface area contributed by atoms with Crippen LogP contribution in [0.3, 0.4) is 0 Å². The summed E-state index contributed by atoms with van der Waals surface area (Å²) in [6.45, 7) is 2.01. The predicted molar refractivity (Wildman–Crippen MR) is 45.3 cm³/mol. The molecule has 2 heterocycles. The van der Waals surface area contributed by atoms with Crippen molar-refractivity contribution in [3.63, 3.8) is 0 Å². The number of nitrogens with zero attached hydrogens (tertiary/aromatic N) is 1.